The molecule has 0 aliphatic heterocycles. The number of halogens is 2. The maximum absolute atomic E-state index is 4.93. The van der Waals surface area contributed by atoms with Crippen molar-refractivity contribution >= 4 is 17.0 Å². The van der Waals surface area contributed by atoms with Crippen LogP contribution in [0.4, 0.5) is 0 Å². The second kappa shape index (κ2) is 13.0. The van der Waals surface area contributed by atoms with E-state index >= 15 is 0 Å². The number of rotatable bonds is 3. The first-order valence-corrected chi connectivity index (χ1v) is 17.2. The van der Waals surface area contributed by atoms with Crippen molar-refractivity contribution in [1.82, 2.24) is 0 Å². The van der Waals surface area contributed by atoms with Crippen LogP contribution >= 0.6 is 17.0 Å². The first-order valence-electron chi connectivity index (χ1n) is 10.9. The third-order valence-electron chi connectivity index (χ3n) is 8.45. The Balaban J connectivity index is 0.000000851. The summed E-state index contributed by atoms with van der Waals surface area (Å²) in [5, 5.41) is 0. The van der Waals surface area contributed by atoms with E-state index < -0.39 is 20.8 Å². The molecule has 0 amide bonds. The summed E-state index contributed by atoms with van der Waals surface area (Å²) in [5.41, 5.74) is 1.57. The molecule has 2 saturated carbocycles. The number of hydrogen-bond donors (Lipinski definition) is 0. The van der Waals surface area contributed by atoms with Crippen molar-refractivity contribution in [3.05, 3.63) is 75.1 Å². The zero-order valence-electron chi connectivity index (χ0n) is 19.6. The molecule has 0 nitrogen and oxygen atoms in total. The third-order valence-corrected chi connectivity index (χ3v) is 8.45. The van der Waals surface area contributed by atoms with Crippen molar-refractivity contribution in [2.45, 2.75) is 46.5 Å². The van der Waals surface area contributed by atoms with Crippen LogP contribution in [0, 0.1) is 62.2 Å². The quantitative estimate of drug-likeness (QED) is 0.345. The summed E-state index contributed by atoms with van der Waals surface area (Å²) in [6.45, 7) is 10.0. The summed E-state index contributed by atoms with van der Waals surface area (Å²) in [6.07, 6.45) is 12.3. The summed E-state index contributed by atoms with van der Waals surface area (Å²) in [7, 11) is 9.87. The monoisotopic (exact) mass is 524 g/mol. The van der Waals surface area contributed by atoms with Gasteiger partial charge in [-0.2, -0.15) is 0 Å². The molecule has 0 bridgehead atoms. The van der Waals surface area contributed by atoms with E-state index in [2.05, 4.69) is 82.3 Å². The second-order valence-electron chi connectivity index (χ2n) is 9.34. The SMILES string of the molecule is CC1C(C)C(C)C(CC2C(c3ccccc3)CC3C=CC=CC32)C1C.[CH3-].[CH3-].[Cl][Zr+2][Cl]. The first kappa shape index (κ1) is 28.2. The Bertz CT molecular complexity index is 657. The molecule has 3 aliphatic rings. The predicted molar refractivity (Wildman–Crippen MR) is 132 cm³/mol. The molecule has 1 aromatic carbocycles. The molecule has 166 valence electrons. The van der Waals surface area contributed by atoms with Gasteiger partial charge in [-0.05, 0) is 71.7 Å². The molecule has 4 rings (SSSR count). The van der Waals surface area contributed by atoms with Crippen LogP contribution < -0.4 is 0 Å². The van der Waals surface area contributed by atoms with Crippen LogP contribution in [-0.4, -0.2) is 0 Å². The van der Waals surface area contributed by atoms with E-state index in [9.17, 15) is 0 Å². The van der Waals surface area contributed by atoms with E-state index in [1.807, 2.05) is 0 Å². The van der Waals surface area contributed by atoms with Crippen LogP contribution in [0.25, 0.3) is 0 Å². The average molecular weight is 527 g/mol. The van der Waals surface area contributed by atoms with Gasteiger partial charge in [0.1, 0.15) is 0 Å². The summed E-state index contributed by atoms with van der Waals surface area (Å²) in [6, 6.07) is 11.4. The number of hydrogen-bond acceptors (Lipinski definition) is 0. The van der Waals surface area contributed by atoms with Gasteiger partial charge in [0.2, 0.25) is 0 Å². The topological polar surface area (TPSA) is 0 Å². The van der Waals surface area contributed by atoms with E-state index in [0.29, 0.717) is 0 Å². The Hall–Kier alpha value is 0.163. The summed E-state index contributed by atoms with van der Waals surface area (Å²) in [5.74, 6) is 7.40. The molecule has 0 N–H and O–H groups in total. The van der Waals surface area contributed by atoms with Crippen LogP contribution in [0.3, 0.4) is 0 Å². The van der Waals surface area contributed by atoms with Gasteiger partial charge < -0.3 is 14.9 Å². The standard InChI is InChI=1S/C25H34.2CH3.2ClH.Zr/c1-16-17(2)19(4)23(18(16)3)15-25-22-13-9-8-12-21(22)14-24(25)20-10-6-5-7-11-20;;;;;/h5-13,16-19,21-25H,14-15H2,1-4H3;2*1H3;2*1H;/q;2*-1;;;+4/p-2. The molecule has 3 heteroatoms. The van der Waals surface area contributed by atoms with Crippen LogP contribution in [0.2, 0.25) is 0 Å². The van der Waals surface area contributed by atoms with E-state index in [-0.39, 0.29) is 14.9 Å². The molecule has 0 saturated heterocycles. The van der Waals surface area contributed by atoms with Crippen molar-refractivity contribution in [3.8, 4) is 0 Å². The first-order chi connectivity index (χ1) is 13.5. The Morgan fingerprint density at radius 3 is 1.90 bits per heavy atom. The summed E-state index contributed by atoms with van der Waals surface area (Å²) in [4.78, 5) is 0. The van der Waals surface area contributed by atoms with E-state index in [1.165, 1.54) is 12.8 Å². The van der Waals surface area contributed by atoms with Gasteiger partial charge in [0.25, 0.3) is 0 Å². The molecule has 0 aromatic heterocycles. The number of allylic oxidation sites excluding steroid dienone is 4. The van der Waals surface area contributed by atoms with E-state index in [1.54, 1.807) is 5.56 Å². The Morgan fingerprint density at radius 1 is 0.800 bits per heavy atom. The zero-order chi connectivity index (χ0) is 20.3. The van der Waals surface area contributed by atoms with Crippen LogP contribution in [-0.2, 0) is 20.8 Å². The van der Waals surface area contributed by atoms with Crippen LogP contribution in [0.15, 0.2) is 54.6 Å². The van der Waals surface area contributed by atoms with Crippen LogP contribution in [0.1, 0.15) is 52.0 Å². The van der Waals surface area contributed by atoms with Crippen molar-refractivity contribution < 1.29 is 20.8 Å². The third kappa shape index (κ3) is 5.94. The Morgan fingerprint density at radius 2 is 1.33 bits per heavy atom. The molecule has 8 atom stereocenters. The number of benzene rings is 1. The predicted octanol–water partition coefficient (Wildman–Crippen LogP) is 8.99. The van der Waals surface area contributed by atoms with E-state index in [0.717, 1.165) is 53.3 Å². The van der Waals surface area contributed by atoms with Gasteiger partial charge in [-0.15, -0.1) is 0 Å². The summed E-state index contributed by atoms with van der Waals surface area (Å²) < 4.78 is 0. The minimum atomic E-state index is -0.826. The van der Waals surface area contributed by atoms with Gasteiger partial charge >= 0.3 is 37.9 Å². The molecular weight excluding hydrogens is 486 g/mol. The van der Waals surface area contributed by atoms with Crippen molar-refractivity contribution in [1.29, 1.82) is 0 Å². The maximum atomic E-state index is 4.93. The molecule has 0 heterocycles. The number of fused-ring (bicyclic) bond motifs is 1. The Kier molecular flexibility index (Phi) is 12.2. The molecule has 1 aromatic rings. The van der Waals surface area contributed by atoms with Gasteiger partial charge in [0.05, 0.1) is 0 Å². The fourth-order valence-corrected chi connectivity index (χ4v) is 6.47. The van der Waals surface area contributed by atoms with Gasteiger partial charge in [-0.3, -0.25) is 0 Å². The molecular formula is C27H40Cl2Zr. The van der Waals surface area contributed by atoms with Crippen LogP contribution in [0.5, 0.6) is 0 Å². The van der Waals surface area contributed by atoms with Gasteiger partial charge in [0, 0.05) is 0 Å². The van der Waals surface area contributed by atoms with Gasteiger partial charge in [0.15, 0.2) is 0 Å². The Labute approximate surface area is 205 Å². The molecule has 3 aliphatic carbocycles. The normalized spacial score (nSPS) is 38.4. The molecule has 2 fully saturated rings. The van der Waals surface area contributed by atoms with Gasteiger partial charge in [-0.25, -0.2) is 0 Å². The second-order valence-corrected chi connectivity index (χ2v) is 13.1. The molecule has 0 radical (unpaired) electrons. The molecule has 30 heavy (non-hydrogen) atoms. The van der Waals surface area contributed by atoms with Crippen molar-refractivity contribution in [3.63, 3.8) is 0 Å². The fourth-order valence-electron chi connectivity index (χ4n) is 6.47. The van der Waals surface area contributed by atoms with Crippen molar-refractivity contribution in [2.75, 3.05) is 0 Å². The zero-order valence-corrected chi connectivity index (χ0v) is 23.5. The van der Waals surface area contributed by atoms with Gasteiger partial charge in [-0.1, -0.05) is 82.3 Å². The molecule has 0 spiro atoms. The fraction of sp³-hybridized carbons (Fsp3) is 0.556. The minimum absolute atomic E-state index is 0. The van der Waals surface area contributed by atoms with Crippen molar-refractivity contribution in [2.24, 2.45) is 47.3 Å². The summed E-state index contributed by atoms with van der Waals surface area (Å²) >= 11 is -0.826. The van der Waals surface area contributed by atoms with E-state index in [4.69, 9.17) is 17.0 Å². The average Bonchev–Trinajstić information content (AvgIpc) is 3.17. The molecule has 8 unspecified atom stereocenters.